The maximum atomic E-state index is 5.53. The molecule has 0 N–H and O–H groups in total. The summed E-state index contributed by atoms with van der Waals surface area (Å²) in [6, 6.07) is 0. The quantitative estimate of drug-likeness (QED) is 0.383. The summed E-state index contributed by atoms with van der Waals surface area (Å²) in [5, 5.41) is 0. The second-order valence-corrected chi connectivity index (χ2v) is 10.1. The summed E-state index contributed by atoms with van der Waals surface area (Å²) >= 11 is 0. The highest BCUT2D eigenvalue weighted by Gasteiger charge is 2.42. The van der Waals surface area contributed by atoms with Crippen LogP contribution in [0.1, 0.15) is 59.3 Å². The first-order chi connectivity index (χ1) is 8.26. The molecule has 1 aliphatic heterocycles. The third-order valence-electron chi connectivity index (χ3n) is 3.95. The second-order valence-electron chi connectivity index (χ2n) is 5.71. The lowest BCUT2D eigenvalue weighted by atomic mass is 10.4. The molecule has 1 aliphatic rings. The molecule has 0 saturated carbocycles. The van der Waals surface area contributed by atoms with Crippen LogP contribution in [0.15, 0.2) is 0 Å². The third-order valence-corrected chi connectivity index (χ3v) is 8.93. The summed E-state index contributed by atoms with van der Waals surface area (Å²) in [6.07, 6.45) is 15.2. The van der Waals surface area contributed by atoms with Crippen molar-refractivity contribution < 1.29 is 4.74 Å². The number of hydrogen-bond donors (Lipinski definition) is 0. The highest BCUT2D eigenvalue weighted by atomic mass is 31.2. The van der Waals surface area contributed by atoms with E-state index in [1.165, 1.54) is 44.7 Å². The molecule has 0 amide bonds. The van der Waals surface area contributed by atoms with Gasteiger partial charge in [0, 0.05) is 7.26 Å². The standard InChI is InChI=1S/C15H32OP/c1-4-7-10-17(11-8-5-2,12-9-6-3)14-15-13-16-15/h15H,4-14H2,1-3H3/q+1. The summed E-state index contributed by atoms with van der Waals surface area (Å²) in [5.41, 5.74) is 0. The van der Waals surface area contributed by atoms with Crippen molar-refractivity contribution in [2.45, 2.75) is 65.4 Å². The number of ether oxygens (including phenoxy) is 1. The Labute approximate surface area is 109 Å². The molecule has 2 heteroatoms. The van der Waals surface area contributed by atoms with Crippen molar-refractivity contribution >= 4 is 7.26 Å². The van der Waals surface area contributed by atoms with Gasteiger partial charge in [0.2, 0.25) is 0 Å². The minimum absolute atomic E-state index is 0.661. The largest absolute Gasteiger partial charge is 0.369 e. The molecule has 0 aromatic rings. The Bertz CT molecular complexity index is 168. The maximum Gasteiger partial charge on any atom is 0.114 e. The molecule has 1 nitrogen and oxygen atoms in total. The summed E-state index contributed by atoms with van der Waals surface area (Å²) in [5.74, 6) is 0. The zero-order valence-electron chi connectivity index (χ0n) is 12.2. The third kappa shape index (κ3) is 6.20. The number of epoxide rings is 1. The first kappa shape index (κ1) is 15.4. The first-order valence-electron chi connectivity index (χ1n) is 7.73. The van der Waals surface area contributed by atoms with Gasteiger partial charge in [0.05, 0.1) is 31.3 Å². The van der Waals surface area contributed by atoms with E-state index in [1.54, 1.807) is 18.5 Å². The molecular weight excluding hydrogens is 227 g/mol. The van der Waals surface area contributed by atoms with Gasteiger partial charge >= 0.3 is 0 Å². The van der Waals surface area contributed by atoms with Gasteiger partial charge in [-0.3, -0.25) is 0 Å². The number of unbranched alkanes of at least 4 members (excludes halogenated alkanes) is 3. The van der Waals surface area contributed by atoms with Crippen molar-refractivity contribution in [3.8, 4) is 0 Å². The summed E-state index contributed by atoms with van der Waals surface area (Å²) in [4.78, 5) is 0. The van der Waals surface area contributed by atoms with E-state index in [9.17, 15) is 0 Å². The normalized spacial score (nSPS) is 19.6. The van der Waals surface area contributed by atoms with Crippen molar-refractivity contribution in [3.63, 3.8) is 0 Å². The fourth-order valence-corrected chi connectivity index (χ4v) is 7.95. The van der Waals surface area contributed by atoms with Gasteiger partial charge in [-0.05, 0) is 19.3 Å². The molecule has 1 unspecified atom stereocenters. The van der Waals surface area contributed by atoms with Crippen LogP contribution in [0.2, 0.25) is 0 Å². The molecule has 1 rings (SSSR count). The lowest BCUT2D eigenvalue weighted by molar-refractivity contribution is 0.424. The molecule has 0 aromatic heterocycles. The molecule has 0 aliphatic carbocycles. The number of rotatable bonds is 11. The Hall–Kier alpha value is 0.390. The van der Waals surface area contributed by atoms with Gasteiger partial charge in [0.15, 0.2) is 0 Å². The van der Waals surface area contributed by atoms with Crippen LogP contribution in [0.5, 0.6) is 0 Å². The van der Waals surface area contributed by atoms with Crippen LogP contribution in [-0.2, 0) is 4.74 Å². The summed E-state index contributed by atoms with van der Waals surface area (Å²) < 4.78 is 5.53. The average Bonchev–Trinajstić information content (AvgIpc) is 3.15. The zero-order chi connectivity index (χ0) is 12.6. The predicted molar refractivity (Wildman–Crippen MR) is 80.9 cm³/mol. The Morgan fingerprint density at radius 2 is 1.29 bits per heavy atom. The Morgan fingerprint density at radius 1 is 0.882 bits per heavy atom. The smallest absolute Gasteiger partial charge is 0.114 e. The average molecular weight is 259 g/mol. The molecule has 0 aromatic carbocycles. The maximum absolute atomic E-state index is 5.53. The monoisotopic (exact) mass is 259 g/mol. The Balaban J connectivity index is 2.51. The molecule has 102 valence electrons. The lowest BCUT2D eigenvalue weighted by Gasteiger charge is -2.27. The summed E-state index contributed by atoms with van der Waals surface area (Å²) in [7, 11) is -0.664. The molecular formula is C15H32OP+. The van der Waals surface area contributed by atoms with Crippen LogP contribution in [0.3, 0.4) is 0 Å². The van der Waals surface area contributed by atoms with Gasteiger partial charge in [-0.25, -0.2) is 0 Å². The summed E-state index contributed by atoms with van der Waals surface area (Å²) in [6.45, 7) is 8.07. The van der Waals surface area contributed by atoms with Crippen LogP contribution >= 0.6 is 7.26 Å². The second kappa shape index (κ2) is 8.48. The molecule has 17 heavy (non-hydrogen) atoms. The fraction of sp³-hybridized carbons (Fsp3) is 1.00. The Kier molecular flexibility index (Phi) is 7.71. The van der Waals surface area contributed by atoms with Gasteiger partial charge in [-0.1, -0.05) is 40.0 Å². The minimum atomic E-state index is -0.664. The molecule has 0 radical (unpaired) electrons. The van der Waals surface area contributed by atoms with Crippen LogP contribution in [0, 0.1) is 0 Å². The zero-order valence-corrected chi connectivity index (χ0v) is 13.1. The van der Waals surface area contributed by atoms with E-state index >= 15 is 0 Å². The van der Waals surface area contributed by atoms with Crippen molar-refractivity contribution in [1.29, 1.82) is 0 Å². The lowest BCUT2D eigenvalue weighted by Crippen LogP contribution is -2.15. The number of hydrogen-bond acceptors (Lipinski definition) is 1. The fourth-order valence-electron chi connectivity index (χ4n) is 2.70. The topological polar surface area (TPSA) is 12.5 Å². The van der Waals surface area contributed by atoms with E-state index in [2.05, 4.69) is 20.8 Å². The van der Waals surface area contributed by atoms with E-state index in [4.69, 9.17) is 4.74 Å². The van der Waals surface area contributed by atoms with Gasteiger partial charge in [0.25, 0.3) is 0 Å². The van der Waals surface area contributed by atoms with Crippen molar-refractivity contribution in [2.75, 3.05) is 31.3 Å². The van der Waals surface area contributed by atoms with E-state index in [1.807, 2.05) is 0 Å². The van der Waals surface area contributed by atoms with E-state index in [0.29, 0.717) is 6.10 Å². The van der Waals surface area contributed by atoms with Gasteiger partial charge in [-0.15, -0.1) is 0 Å². The molecule has 0 spiro atoms. The molecule has 1 saturated heterocycles. The van der Waals surface area contributed by atoms with Gasteiger partial charge in [0.1, 0.15) is 6.10 Å². The SMILES string of the molecule is CCCC[P+](CCCC)(CCCC)CC1CO1. The molecule has 1 heterocycles. The van der Waals surface area contributed by atoms with Crippen LogP contribution in [-0.4, -0.2) is 37.4 Å². The molecule has 1 fully saturated rings. The van der Waals surface area contributed by atoms with Crippen LogP contribution in [0.25, 0.3) is 0 Å². The van der Waals surface area contributed by atoms with E-state index in [0.717, 1.165) is 6.61 Å². The van der Waals surface area contributed by atoms with Crippen molar-refractivity contribution in [3.05, 3.63) is 0 Å². The Morgan fingerprint density at radius 3 is 1.59 bits per heavy atom. The predicted octanol–water partition coefficient (Wildman–Crippen LogP) is 4.80. The van der Waals surface area contributed by atoms with Gasteiger partial charge in [-0.2, -0.15) is 0 Å². The van der Waals surface area contributed by atoms with Crippen molar-refractivity contribution in [1.82, 2.24) is 0 Å². The first-order valence-corrected chi connectivity index (χ1v) is 10.3. The van der Waals surface area contributed by atoms with Crippen LogP contribution in [0.4, 0.5) is 0 Å². The molecule has 0 bridgehead atoms. The minimum Gasteiger partial charge on any atom is -0.369 e. The van der Waals surface area contributed by atoms with Crippen LogP contribution < -0.4 is 0 Å². The van der Waals surface area contributed by atoms with E-state index < -0.39 is 7.26 Å². The highest BCUT2D eigenvalue weighted by molar-refractivity contribution is 7.75. The molecule has 1 atom stereocenters. The van der Waals surface area contributed by atoms with Gasteiger partial charge < -0.3 is 4.74 Å². The van der Waals surface area contributed by atoms with E-state index in [-0.39, 0.29) is 0 Å². The van der Waals surface area contributed by atoms with Crippen molar-refractivity contribution in [2.24, 2.45) is 0 Å². The highest BCUT2D eigenvalue weighted by Crippen LogP contribution is 2.62.